The van der Waals surface area contributed by atoms with Gasteiger partial charge in [0.05, 0.1) is 16.8 Å². The van der Waals surface area contributed by atoms with Crippen LogP contribution >= 0.6 is 0 Å². The summed E-state index contributed by atoms with van der Waals surface area (Å²) in [5.41, 5.74) is 3.83. The summed E-state index contributed by atoms with van der Waals surface area (Å²) in [6.07, 6.45) is 1.18. The molecule has 0 atom stereocenters. The van der Waals surface area contributed by atoms with E-state index in [-0.39, 0.29) is 17.3 Å². The zero-order valence-corrected chi connectivity index (χ0v) is 13.7. The highest BCUT2D eigenvalue weighted by molar-refractivity contribution is 5.83. The van der Waals surface area contributed by atoms with Crippen molar-refractivity contribution in [1.82, 2.24) is 14.8 Å². The fourth-order valence-electron chi connectivity index (χ4n) is 3.48. The van der Waals surface area contributed by atoms with Gasteiger partial charge in [-0.3, -0.25) is 9.36 Å². The second-order valence-electron chi connectivity index (χ2n) is 6.51. The fourth-order valence-corrected chi connectivity index (χ4v) is 3.48. The lowest BCUT2D eigenvalue weighted by Crippen LogP contribution is -2.11. The molecule has 2 heterocycles. The minimum absolute atomic E-state index is 0.0993. The first-order valence-corrected chi connectivity index (χ1v) is 8.33. The molecule has 6 nitrogen and oxygen atoms in total. The van der Waals surface area contributed by atoms with Crippen LogP contribution in [0.5, 0.6) is 11.8 Å². The zero-order chi connectivity index (χ0) is 17.8. The van der Waals surface area contributed by atoms with E-state index >= 15 is 0 Å². The Balaban J connectivity index is 1.57. The zero-order valence-electron chi connectivity index (χ0n) is 13.7. The molecule has 0 saturated carbocycles. The molecule has 0 amide bonds. The third kappa shape index (κ3) is 2.12. The predicted molar refractivity (Wildman–Crippen MR) is 97.1 cm³/mol. The van der Waals surface area contributed by atoms with Crippen LogP contribution in [0.15, 0.2) is 53.3 Å². The molecule has 0 radical (unpaired) electrons. The number of fused-ring (bicyclic) bond motifs is 2. The van der Waals surface area contributed by atoms with Crippen molar-refractivity contribution in [3.05, 3.63) is 81.3 Å². The van der Waals surface area contributed by atoms with Crippen molar-refractivity contribution in [1.29, 1.82) is 0 Å². The number of nitrogens with one attached hydrogen (secondary N) is 1. The first-order valence-electron chi connectivity index (χ1n) is 8.33. The van der Waals surface area contributed by atoms with Crippen LogP contribution in [0.3, 0.4) is 0 Å². The number of nitrogens with zero attached hydrogens (tertiary/aromatic N) is 2. The Hall–Kier alpha value is -3.54. The van der Waals surface area contributed by atoms with Crippen molar-refractivity contribution in [2.24, 2.45) is 0 Å². The largest absolute Gasteiger partial charge is 0.494 e. The van der Waals surface area contributed by atoms with Crippen LogP contribution in [-0.2, 0) is 12.8 Å². The summed E-state index contributed by atoms with van der Waals surface area (Å²) in [5.74, 6) is 0.199. The topological polar surface area (TPSA) is 91.1 Å². The minimum atomic E-state index is -0.206. The van der Waals surface area contributed by atoms with Gasteiger partial charge in [0, 0.05) is 29.4 Å². The van der Waals surface area contributed by atoms with E-state index in [4.69, 9.17) is 0 Å². The second kappa shape index (κ2) is 5.23. The molecule has 0 bridgehead atoms. The quantitative estimate of drug-likeness (QED) is 0.469. The van der Waals surface area contributed by atoms with Gasteiger partial charge in [-0.05, 0) is 23.8 Å². The van der Waals surface area contributed by atoms with Gasteiger partial charge in [-0.25, -0.2) is 5.10 Å². The summed E-state index contributed by atoms with van der Waals surface area (Å²) in [7, 11) is 0. The number of aromatic nitrogens is 3. The first-order chi connectivity index (χ1) is 12.6. The highest BCUT2D eigenvalue weighted by Gasteiger charge is 2.33. The summed E-state index contributed by atoms with van der Waals surface area (Å²) in [4.78, 5) is 11.9. The SMILES string of the molecule is O=c1[nH]nc(Cc2cccc(-n3c(O)c4c(c3O)C4)c2)c2ccccc12. The maximum Gasteiger partial charge on any atom is 0.272 e. The van der Waals surface area contributed by atoms with Gasteiger partial charge in [0.15, 0.2) is 0 Å². The molecular formula is C20H15N3O3. The van der Waals surface area contributed by atoms with E-state index < -0.39 is 0 Å². The van der Waals surface area contributed by atoms with Crippen LogP contribution in [0.4, 0.5) is 0 Å². The lowest BCUT2D eigenvalue weighted by molar-refractivity contribution is 0.396. The standard InChI is InChI=1S/C20H15N3O3/c24-18-14-7-2-1-6-13(14)17(21-22-18)9-11-4-3-5-12(8-11)23-19(25)15-10-16(15)20(23)26/h1-8,25-26H,9-10H2,(H,22,24). The van der Waals surface area contributed by atoms with Crippen molar-refractivity contribution in [2.45, 2.75) is 12.8 Å². The van der Waals surface area contributed by atoms with Crippen LogP contribution in [-0.4, -0.2) is 25.0 Å². The van der Waals surface area contributed by atoms with E-state index in [0.29, 0.717) is 23.9 Å². The maximum atomic E-state index is 11.9. The highest BCUT2D eigenvalue weighted by Crippen LogP contribution is 2.47. The van der Waals surface area contributed by atoms with Gasteiger partial charge < -0.3 is 10.2 Å². The Morgan fingerprint density at radius 2 is 1.73 bits per heavy atom. The number of rotatable bonds is 3. The third-order valence-corrected chi connectivity index (χ3v) is 4.87. The van der Waals surface area contributed by atoms with Gasteiger partial charge in [0.25, 0.3) is 5.56 Å². The lowest BCUT2D eigenvalue weighted by Gasteiger charge is -2.11. The van der Waals surface area contributed by atoms with Gasteiger partial charge in [-0.15, -0.1) is 0 Å². The number of aromatic hydroxyl groups is 2. The molecule has 3 N–H and O–H groups in total. The Morgan fingerprint density at radius 1 is 1.00 bits per heavy atom. The first kappa shape index (κ1) is 14.8. The molecule has 1 aliphatic carbocycles. The molecule has 0 fully saturated rings. The maximum absolute atomic E-state index is 11.9. The molecule has 6 heteroatoms. The van der Waals surface area contributed by atoms with Crippen LogP contribution in [0.1, 0.15) is 22.4 Å². The lowest BCUT2D eigenvalue weighted by atomic mass is 10.0. The van der Waals surface area contributed by atoms with Crippen LogP contribution in [0.25, 0.3) is 16.5 Å². The van der Waals surface area contributed by atoms with Crippen LogP contribution in [0, 0.1) is 0 Å². The summed E-state index contributed by atoms with van der Waals surface area (Å²) in [6.45, 7) is 0. The molecule has 0 aliphatic heterocycles. The summed E-state index contributed by atoms with van der Waals surface area (Å²) >= 11 is 0. The Kier molecular flexibility index (Phi) is 2.97. The van der Waals surface area contributed by atoms with E-state index in [9.17, 15) is 15.0 Å². The molecule has 1 aliphatic rings. The van der Waals surface area contributed by atoms with E-state index in [0.717, 1.165) is 27.8 Å². The third-order valence-electron chi connectivity index (χ3n) is 4.87. The van der Waals surface area contributed by atoms with Crippen molar-refractivity contribution in [3.8, 4) is 17.4 Å². The molecule has 26 heavy (non-hydrogen) atoms. The number of H-pyrrole nitrogens is 1. The average Bonchev–Trinajstić information content (AvgIpc) is 3.41. The molecule has 2 aromatic carbocycles. The van der Waals surface area contributed by atoms with E-state index in [1.165, 1.54) is 4.57 Å². The van der Waals surface area contributed by atoms with E-state index in [1.54, 1.807) is 6.07 Å². The van der Waals surface area contributed by atoms with Gasteiger partial charge in [-0.1, -0.05) is 30.3 Å². The summed E-state index contributed by atoms with van der Waals surface area (Å²) < 4.78 is 1.45. The number of hydrogen-bond acceptors (Lipinski definition) is 4. The minimum Gasteiger partial charge on any atom is -0.494 e. The average molecular weight is 345 g/mol. The van der Waals surface area contributed by atoms with Crippen LogP contribution < -0.4 is 5.56 Å². The van der Waals surface area contributed by atoms with E-state index in [1.807, 2.05) is 42.5 Å². The number of benzene rings is 2. The van der Waals surface area contributed by atoms with Gasteiger partial charge >= 0.3 is 0 Å². The Bertz CT molecular complexity index is 1210. The smallest absolute Gasteiger partial charge is 0.272 e. The monoisotopic (exact) mass is 345 g/mol. The molecule has 0 spiro atoms. The normalized spacial score (nSPS) is 12.3. The van der Waals surface area contributed by atoms with Crippen molar-refractivity contribution < 1.29 is 10.2 Å². The van der Waals surface area contributed by atoms with Gasteiger partial charge in [0.1, 0.15) is 0 Å². The second-order valence-corrected chi connectivity index (χ2v) is 6.51. The highest BCUT2D eigenvalue weighted by atomic mass is 16.3. The van der Waals surface area contributed by atoms with Gasteiger partial charge in [-0.2, -0.15) is 5.10 Å². The number of aromatic amines is 1. The molecular weight excluding hydrogens is 330 g/mol. The Labute approximate surface area is 148 Å². The van der Waals surface area contributed by atoms with Gasteiger partial charge in [0.2, 0.25) is 11.8 Å². The predicted octanol–water partition coefficient (Wildman–Crippen LogP) is 2.62. The fraction of sp³-hybridized carbons (Fsp3) is 0.100. The molecule has 4 aromatic rings. The molecule has 0 unspecified atom stereocenters. The molecule has 5 rings (SSSR count). The Morgan fingerprint density at radius 3 is 2.50 bits per heavy atom. The molecule has 2 aromatic heterocycles. The molecule has 0 saturated heterocycles. The molecule has 128 valence electrons. The van der Waals surface area contributed by atoms with E-state index in [2.05, 4.69) is 10.2 Å². The van der Waals surface area contributed by atoms with Crippen molar-refractivity contribution >= 4 is 10.8 Å². The van der Waals surface area contributed by atoms with Crippen molar-refractivity contribution in [2.75, 3.05) is 0 Å². The van der Waals surface area contributed by atoms with Crippen molar-refractivity contribution in [3.63, 3.8) is 0 Å². The van der Waals surface area contributed by atoms with Crippen LogP contribution in [0.2, 0.25) is 0 Å². The number of hydrogen-bond donors (Lipinski definition) is 3. The summed E-state index contributed by atoms with van der Waals surface area (Å²) in [5, 5.41) is 28.6. The summed E-state index contributed by atoms with van der Waals surface area (Å²) in [6, 6.07) is 14.9.